The number of benzene rings is 2. The first-order valence-corrected chi connectivity index (χ1v) is 9.18. The third-order valence-electron chi connectivity index (χ3n) is 4.46. The van der Waals surface area contributed by atoms with Crippen molar-refractivity contribution in [3.8, 4) is 0 Å². The van der Waals surface area contributed by atoms with Crippen molar-refractivity contribution in [2.45, 2.75) is 26.3 Å². The molecule has 156 valence electrons. The van der Waals surface area contributed by atoms with Gasteiger partial charge in [0.1, 0.15) is 5.82 Å². The van der Waals surface area contributed by atoms with Gasteiger partial charge in [-0.25, -0.2) is 17.6 Å². The quantitative estimate of drug-likeness (QED) is 0.257. The minimum Gasteiger partial charge on any atom is -0.320 e. The van der Waals surface area contributed by atoms with Gasteiger partial charge in [0.25, 0.3) is 0 Å². The molecule has 30 heavy (non-hydrogen) atoms. The standard InChI is InChI=1S/C22H19F4N3O/c1-13(2)15-6-3-14(4-7-15)5-8-20(30)28-16-10-27-29(11-16)12-17-18(23)9-19(24)22(26)21(17)25/h3-11,13H,12H2,1-2H3,(H,28,30)/b8-5+. The largest absolute Gasteiger partial charge is 0.320 e. The van der Waals surface area contributed by atoms with Gasteiger partial charge in [-0.3, -0.25) is 9.48 Å². The lowest BCUT2D eigenvalue weighted by Gasteiger charge is -2.06. The number of halogens is 4. The second-order valence-electron chi connectivity index (χ2n) is 7.02. The van der Waals surface area contributed by atoms with E-state index in [0.29, 0.717) is 5.92 Å². The molecule has 3 aromatic rings. The van der Waals surface area contributed by atoms with Crippen LogP contribution in [0.3, 0.4) is 0 Å². The molecule has 0 saturated carbocycles. The van der Waals surface area contributed by atoms with Crippen LogP contribution in [0.4, 0.5) is 23.2 Å². The summed E-state index contributed by atoms with van der Waals surface area (Å²) in [4.78, 5) is 12.1. The molecule has 0 unspecified atom stereocenters. The molecular weight excluding hydrogens is 398 g/mol. The number of anilines is 1. The van der Waals surface area contributed by atoms with Crippen LogP contribution in [-0.2, 0) is 11.3 Å². The van der Waals surface area contributed by atoms with E-state index in [0.717, 1.165) is 10.2 Å². The molecule has 0 saturated heterocycles. The Morgan fingerprint density at radius 3 is 2.47 bits per heavy atom. The molecule has 1 aromatic heterocycles. The van der Waals surface area contributed by atoms with Gasteiger partial charge in [0.15, 0.2) is 17.5 Å². The van der Waals surface area contributed by atoms with Crippen molar-refractivity contribution in [3.63, 3.8) is 0 Å². The van der Waals surface area contributed by atoms with Crippen LogP contribution in [0, 0.1) is 23.3 Å². The third kappa shape index (κ3) is 4.94. The van der Waals surface area contributed by atoms with Crippen LogP contribution in [0.1, 0.15) is 36.5 Å². The molecule has 2 aromatic carbocycles. The SMILES string of the molecule is CC(C)c1ccc(/C=C/C(=O)Nc2cnn(Cc3c(F)cc(F)c(F)c3F)c2)cc1. The zero-order chi connectivity index (χ0) is 21.8. The zero-order valence-corrected chi connectivity index (χ0v) is 16.3. The highest BCUT2D eigenvalue weighted by atomic mass is 19.2. The van der Waals surface area contributed by atoms with E-state index >= 15 is 0 Å². The summed E-state index contributed by atoms with van der Waals surface area (Å²) < 4.78 is 55.0. The van der Waals surface area contributed by atoms with Gasteiger partial charge in [-0.1, -0.05) is 38.1 Å². The second kappa shape index (κ2) is 8.94. The average molecular weight is 417 g/mol. The van der Waals surface area contributed by atoms with Gasteiger partial charge in [-0.05, 0) is 23.1 Å². The maximum atomic E-state index is 13.8. The number of hydrogen-bond acceptors (Lipinski definition) is 2. The number of carbonyl (C=O) groups excluding carboxylic acids is 1. The van der Waals surface area contributed by atoms with Crippen molar-refractivity contribution >= 4 is 17.7 Å². The lowest BCUT2D eigenvalue weighted by atomic mass is 10.0. The molecule has 1 amide bonds. The number of rotatable bonds is 6. The lowest BCUT2D eigenvalue weighted by Crippen LogP contribution is -2.09. The monoisotopic (exact) mass is 417 g/mol. The Kier molecular flexibility index (Phi) is 6.34. The van der Waals surface area contributed by atoms with E-state index in [1.807, 2.05) is 24.3 Å². The Labute approximate surface area is 170 Å². The van der Waals surface area contributed by atoms with Gasteiger partial charge in [-0.15, -0.1) is 0 Å². The van der Waals surface area contributed by atoms with Crippen molar-refractivity contribution in [3.05, 3.63) is 88.8 Å². The summed E-state index contributed by atoms with van der Waals surface area (Å²) in [7, 11) is 0. The first-order valence-electron chi connectivity index (χ1n) is 9.18. The summed E-state index contributed by atoms with van der Waals surface area (Å²) in [5, 5.41) is 6.44. The molecular formula is C22H19F4N3O. The Morgan fingerprint density at radius 1 is 1.10 bits per heavy atom. The van der Waals surface area contributed by atoms with Gasteiger partial charge in [0.2, 0.25) is 5.91 Å². The first-order chi connectivity index (χ1) is 14.2. The van der Waals surface area contributed by atoms with Gasteiger partial charge in [0, 0.05) is 23.9 Å². The Balaban J connectivity index is 1.64. The predicted molar refractivity (Wildman–Crippen MR) is 106 cm³/mol. The van der Waals surface area contributed by atoms with Crippen LogP contribution in [0.2, 0.25) is 0 Å². The topological polar surface area (TPSA) is 46.9 Å². The smallest absolute Gasteiger partial charge is 0.248 e. The van der Waals surface area contributed by atoms with Crippen molar-refractivity contribution < 1.29 is 22.4 Å². The number of carbonyl (C=O) groups is 1. The number of amides is 1. The Morgan fingerprint density at radius 2 is 1.80 bits per heavy atom. The number of nitrogens with one attached hydrogen (secondary N) is 1. The van der Waals surface area contributed by atoms with Crippen LogP contribution in [0.15, 0.2) is 48.8 Å². The van der Waals surface area contributed by atoms with Crippen molar-refractivity contribution in [1.82, 2.24) is 9.78 Å². The second-order valence-corrected chi connectivity index (χ2v) is 7.02. The molecule has 1 N–H and O–H groups in total. The van der Waals surface area contributed by atoms with Crippen molar-refractivity contribution in [2.24, 2.45) is 0 Å². The Bertz CT molecular complexity index is 1090. The van der Waals surface area contributed by atoms with E-state index in [9.17, 15) is 22.4 Å². The fourth-order valence-electron chi connectivity index (χ4n) is 2.77. The molecule has 0 bridgehead atoms. The van der Waals surface area contributed by atoms with E-state index in [1.165, 1.54) is 24.0 Å². The highest BCUT2D eigenvalue weighted by Gasteiger charge is 2.19. The van der Waals surface area contributed by atoms with Crippen LogP contribution >= 0.6 is 0 Å². The van der Waals surface area contributed by atoms with E-state index in [-0.39, 0.29) is 11.8 Å². The van der Waals surface area contributed by atoms with Gasteiger partial charge >= 0.3 is 0 Å². The lowest BCUT2D eigenvalue weighted by molar-refractivity contribution is -0.111. The Hall–Kier alpha value is -3.42. The summed E-state index contributed by atoms with van der Waals surface area (Å²) in [5.41, 5.74) is 1.66. The minimum absolute atomic E-state index is 0.276. The predicted octanol–water partition coefficient (Wildman–Crippen LogP) is 5.26. The number of nitrogens with zero attached hydrogens (tertiary/aromatic N) is 2. The molecule has 0 aliphatic carbocycles. The van der Waals surface area contributed by atoms with Crippen molar-refractivity contribution in [2.75, 3.05) is 5.32 Å². The molecule has 0 radical (unpaired) electrons. The molecule has 0 aliphatic rings. The van der Waals surface area contributed by atoms with Crippen molar-refractivity contribution in [1.29, 1.82) is 0 Å². The fraction of sp³-hybridized carbons (Fsp3) is 0.182. The normalized spacial score (nSPS) is 11.4. The number of aromatic nitrogens is 2. The average Bonchev–Trinajstić information content (AvgIpc) is 3.15. The zero-order valence-electron chi connectivity index (χ0n) is 16.3. The van der Waals surface area contributed by atoms with E-state index in [1.54, 1.807) is 6.08 Å². The fourth-order valence-corrected chi connectivity index (χ4v) is 2.77. The summed E-state index contributed by atoms with van der Waals surface area (Å²) >= 11 is 0. The van der Waals surface area contributed by atoms with Gasteiger partial charge in [-0.2, -0.15) is 5.10 Å². The van der Waals surface area contributed by atoms with Gasteiger partial charge < -0.3 is 5.32 Å². The highest BCUT2D eigenvalue weighted by molar-refractivity contribution is 6.01. The minimum atomic E-state index is -1.75. The molecule has 1 heterocycles. The molecule has 0 spiro atoms. The van der Waals surface area contributed by atoms with E-state index < -0.39 is 41.3 Å². The van der Waals surface area contributed by atoms with Crippen LogP contribution in [-0.4, -0.2) is 15.7 Å². The summed E-state index contributed by atoms with van der Waals surface area (Å²) in [6, 6.07) is 8.06. The van der Waals surface area contributed by atoms with Crippen LogP contribution in [0.5, 0.6) is 0 Å². The number of hydrogen-bond donors (Lipinski definition) is 1. The molecule has 0 atom stereocenters. The highest BCUT2D eigenvalue weighted by Crippen LogP contribution is 2.20. The van der Waals surface area contributed by atoms with E-state index in [4.69, 9.17) is 0 Å². The van der Waals surface area contributed by atoms with Crippen LogP contribution in [0.25, 0.3) is 6.08 Å². The van der Waals surface area contributed by atoms with E-state index in [2.05, 4.69) is 24.3 Å². The molecule has 0 aliphatic heterocycles. The third-order valence-corrected chi connectivity index (χ3v) is 4.46. The molecule has 0 fully saturated rings. The molecule has 4 nitrogen and oxygen atoms in total. The summed E-state index contributed by atoms with van der Waals surface area (Å²) in [6.07, 6.45) is 5.59. The summed E-state index contributed by atoms with van der Waals surface area (Å²) in [5.74, 6) is -6.20. The van der Waals surface area contributed by atoms with Gasteiger partial charge in [0.05, 0.1) is 18.4 Å². The maximum absolute atomic E-state index is 13.8. The summed E-state index contributed by atoms with van der Waals surface area (Å²) in [6.45, 7) is 3.71. The first kappa shape index (κ1) is 21.3. The molecule has 8 heteroatoms. The maximum Gasteiger partial charge on any atom is 0.248 e. The molecule has 3 rings (SSSR count). The van der Waals surface area contributed by atoms with Crippen LogP contribution < -0.4 is 5.32 Å².